The van der Waals surface area contributed by atoms with Crippen LogP contribution in [-0.4, -0.2) is 170 Å². The average Bonchev–Trinajstić information content (AvgIpc) is 3.02. The van der Waals surface area contributed by atoms with Gasteiger partial charge in [0, 0.05) is 0 Å². The predicted molar refractivity (Wildman–Crippen MR) is 186 cm³/mol. The first kappa shape index (κ1) is 129. The molecule has 34 N–H and O–H groups in total. The third kappa shape index (κ3) is 248. The van der Waals surface area contributed by atoms with Gasteiger partial charge in [0.15, 0.2) is 0 Å². The van der Waals surface area contributed by atoms with E-state index in [1.165, 1.54) is 0 Å². The number of rotatable bonds is 0. The Labute approximate surface area is 435 Å². The molecule has 2 heterocycles. The fourth-order valence-electron chi connectivity index (χ4n) is 2.64. The third-order valence-electron chi connectivity index (χ3n) is 4.46. The molecule has 0 amide bonds. The fraction of sp³-hybridized carbons (Fsp3) is 1.00. The summed E-state index contributed by atoms with van der Waals surface area (Å²) in [5.74, 6) is 0. The zero-order valence-corrected chi connectivity index (χ0v) is 43.0. The quantitative estimate of drug-likeness (QED) is 0.160. The summed E-state index contributed by atoms with van der Waals surface area (Å²) < 4.78 is 200. The van der Waals surface area contributed by atoms with Gasteiger partial charge in [0.05, 0.1) is 159 Å². The van der Waals surface area contributed by atoms with Gasteiger partial charge in [-0.05, 0) is 0 Å². The van der Waals surface area contributed by atoms with Gasteiger partial charge in [-0.3, -0.25) is 0 Å². The smallest absolute Gasteiger partial charge is 2.00 e. The van der Waals surface area contributed by atoms with Crippen LogP contribution in [0.5, 0.6) is 0 Å². The van der Waals surface area contributed by atoms with Crippen LogP contribution in [0.4, 0.5) is 0 Å². The van der Waals surface area contributed by atoms with Gasteiger partial charge in [0.25, 0.3) is 0 Å². The molecule has 2 aliphatic rings. The van der Waals surface area contributed by atoms with Crippen molar-refractivity contribution in [3.63, 3.8) is 0 Å². The van der Waals surface area contributed by atoms with Crippen molar-refractivity contribution in [3.05, 3.63) is 0 Å². The average molecular weight is 1280 g/mol. The molecule has 2 aliphatic heterocycles. The minimum atomic E-state index is -4.94. The molecule has 0 saturated carbocycles. The van der Waals surface area contributed by atoms with Crippen molar-refractivity contribution in [3.8, 4) is 0 Å². The van der Waals surface area contributed by atoms with E-state index in [2.05, 4.69) is 0 Å². The van der Waals surface area contributed by atoms with Crippen LogP contribution >= 0.6 is 0 Å². The van der Waals surface area contributed by atoms with Crippen molar-refractivity contribution >= 4 is 0 Å². The maximum Gasteiger partial charge on any atom is 3.00 e. The summed E-state index contributed by atoms with van der Waals surface area (Å²) in [5.41, 5.74) is 0. The Balaban J connectivity index is -0.0000000282. The molecule has 0 bridgehead atoms. The molecule has 0 aliphatic carbocycles. The van der Waals surface area contributed by atoms with Gasteiger partial charge in [-0.2, -0.15) is 0 Å². The van der Waals surface area contributed by atoms with E-state index in [1.807, 2.05) is 0 Å². The Bertz CT molecular complexity index is 510. The molecule has 41 nitrogen and oxygen atoms in total. The van der Waals surface area contributed by atoms with Crippen LogP contribution in [0.1, 0.15) is 0 Å². The maximum absolute atomic E-state index is 8.49. The number of hydrogen-bond acceptors (Lipinski definition) is 28. The largest absolute Gasteiger partial charge is 3.00 e. The van der Waals surface area contributed by atoms with E-state index in [0.29, 0.717) is 159 Å². The summed E-state index contributed by atoms with van der Waals surface area (Å²) in [7, 11) is -19.8. The Morgan fingerprint density at radius 1 is 0.169 bits per heavy atom. The van der Waals surface area contributed by atoms with E-state index in [0.717, 1.165) is 0 Å². The number of hydrogen-bond donors (Lipinski definition) is 0. The number of halogens is 4. The molecule has 2 rings (SSSR count). The molecule has 47 heteroatoms. The van der Waals surface area contributed by atoms with Crippen LogP contribution in [0.25, 0.3) is 0 Å². The van der Waals surface area contributed by atoms with E-state index in [1.54, 1.807) is 0 Å². The molecule has 0 spiro atoms. The fourth-order valence-corrected chi connectivity index (χ4v) is 2.64. The monoisotopic (exact) mass is 1280 g/mol. The van der Waals surface area contributed by atoms with Gasteiger partial charge >= 0.3 is 34.1 Å². The van der Waals surface area contributed by atoms with Gasteiger partial charge in [0.2, 0.25) is 0 Å². The minimum absolute atomic E-state index is 0. The van der Waals surface area contributed by atoms with E-state index in [9.17, 15) is 0 Å². The first-order chi connectivity index (χ1) is 26.0. The van der Waals surface area contributed by atoms with Gasteiger partial charge in [-0.25, -0.2) is 74.5 Å². The zero-order chi connectivity index (χ0) is 43.5. The molecule has 71 heavy (non-hydrogen) atoms. The van der Waals surface area contributed by atoms with Crippen molar-refractivity contribution in [2.45, 2.75) is 0 Å². The van der Waals surface area contributed by atoms with Crippen molar-refractivity contribution in [2.24, 2.45) is 0 Å². The normalized spacial score (nSPS) is 15.5. The summed E-state index contributed by atoms with van der Waals surface area (Å²) in [6.07, 6.45) is 0. The standard InChI is InChI=1S/2C12H24O6.4ClHO4.2Fe.12H2O.O/c2*1-2-14-5-6-16-9-10-18-12-11-17-8-7-15-4-3-13-1;4*2-1(3,4)5;;;;;;;;;;;;;;;/h2*1-12H2;4*(H,2,3,4,5);;;12*1H2;/q;;;;;;2*+3;;;;;;;;;;;;;-2/p+6. The molecule has 0 aromatic rings. The van der Waals surface area contributed by atoms with E-state index in [-0.39, 0.29) is 105 Å². The van der Waals surface area contributed by atoms with Crippen LogP contribution < -0.4 is 74.5 Å². The molecule has 0 aromatic heterocycles. The molecule has 2 fully saturated rings. The van der Waals surface area contributed by atoms with Gasteiger partial charge in [-0.15, -0.1) is 41.0 Å². The summed E-state index contributed by atoms with van der Waals surface area (Å²) in [4.78, 5) is 0. The van der Waals surface area contributed by atoms with E-state index in [4.69, 9.17) is 131 Å². The Morgan fingerprint density at radius 2 is 0.197 bits per heavy atom. The SMILES string of the molecule is C1COCCOCCOCCOCCOCCO1.C1COCCOCCOCCOCCOCCO1.O.O.[Fe+3].[Fe+3].[O-2].[O-][Cl+3]([O-])([O-])[O-].[O-][Cl+3]([O-])([O-])[O-].[O-][Cl+3]([O-])([O-])[O-].[O-][Cl+3]([O-])([O-])[O-].[OH3+].[OH3+].[OH3+].[OH3+].[OH3+].[OH3+].[OH3+].[OH3+].[OH3+].[OH3+]. The Hall–Kier alpha value is 0.559. The molecule has 0 aromatic carbocycles. The van der Waals surface area contributed by atoms with Gasteiger partial charge < -0.3 is 128 Å². The van der Waals surface area contributed by atoms with Crippen molar-refractivity contribution in [1.82, 2.24) is 0 Å². The molecular formula is C24H82Cl4Fe2O41+10. The second-order valence-corrected chi connectivity index (χ2v) is 11.9. The molecule has 0 unspecified atom stereocenters. The maximum atomic E-state index is 8.49. The van der Waals surface area contributed by atoms with E-state index >= 15 is 0 Å². The van der Waals surface area contributed by atoms with Crippen LogP contribution in [0.3, 0.4) is 0 Å². The second-order valence-electron chi connectivity index (χ2n) is 8.86. The van der Waals surface area contributed by atoms with Crippen molar-refractivity contribution in [1.29, 1.82) is 0 Å². The van der Waals surface area contributed by atoms with E-state index < -0.39 is 41.0 Å². The molecule has 2 radical (unpaired) electrons. The zero-order valence-electron chi connectivity index (χ0n) is 37.8. The summed E-state index contributed by atoms with van der Waals surface area (Å²) in [5, 5.41) is 0. The topological polar surface area (TPSA) is 901 Å². The minimum Gasteiger partial charge on any atom is -2.00 e. The van der Waals surface area contributed by atoms with Crippen molar-refractivity contribution < 1.29 is 278 Å². The predicted octanol–water partition coefficient (Wildman–Crippen LogP) is -29.8. The summed E-state index contributed by atoms with van der Waals surface area (Å²) >= 11 is 0. The Kier molecular flexibility index (Phi) is 169. The molecule has 2 saturated heterocycles. The first-order valence-electron chi connectivity index (χ1n) is 15.4. The van der Waals surface area contributed by atoms with Gasteiger partial charge in [-0.1, -0.05) is 0 Å². The summed E-state index contributed by atoms with van der Waals surface area (Å²) in [6.45, 7) is 14.1. The van der Waals surface area contributed by atoms with Gasteiger partial charge in [0.1, 0.15) is 0 Å². The second kappa shape index (κ2) is 93.1. The Morgan fingerprint density at radius 3 is 0.225 bits per heavy atom. The third-order valence-corrected chi connectivity index (χ3v) is 4.46. The number of ether oxygens (including phenoxy) is 12. The molecular weight excluding hydrogens is 1200 g/mol. The van der Waals surface area contributed by atoms with Crippen LogP contribution in [0.2, 0.25) is 0 Å². The van der Waals surface area contributed by atoms with Crippen LogP contribution in [0.15, 0.2) is 0 Å². The van der Waals surface area contributed by atoms with Crippen LogP contribution in [-0.2, 0) is 151 Å². The first-order valence-corrected chi connectivity index (χ1v) is 20.3. The summed E-state index contributed by atoms with van der Waals surface area (Å²) in [6, 6.07) is 0. The van der Waals surface area contributed by atoms with Crippen LogP contribution in [0, 0.1) is 41.0 Å². The molecule has 458 valence electrons. The van der Waals surface area contributed by atoms with Crippen molar-refractivity contribution in [2.75, 3.05) is 159 Å². The molecule has 0 atom stereocenters.